The average Bonchev–Trinajstić information content (AvgIpc) is 3.08. The first kappa shape index (κ1) is 10.3. The molecule has 2 aliphatic rings. The lowest BCUT2D eigenvalue weighted by Gasteiger charge is -2.22. The van der Waals surface area contributed by atoms with Crippen molar-refractivity contribution in [2.75, 3.05) is 6.61 Å². The minimum absolute atomic E-state index is 0.214. The summed E-state index contributed by atoms with van der Waals surface area (Å²) in [7, 11) is 0. The number of ether oxygens (including phenoxy) is 1. The summed E-state index contributed by atoms with van der Waals surface area (Å²) in [6.45, 7) is 1.46. The highest BCUT2D eigenvalue weighted by Gasteiger charge is 2.46. The predicted molar refractivity (Wildman–Crippen MR) is 64.0 cm³/mol. The molecule has 82 valence electrons. The fourth-order valence-corrected chi connectivity index (χ4v) is 2.94. The molecule has 0 radical (unpaired) electrons. The Morgan fingerprint density at radius 2 is 2.19 bits per heavy atom. The summed E-state index contributed by atoms with van der Waals surface area (Å²) in [4.78, 5) is 0. The Labute approximate surface area is 103 Å². The van der Waals surface area contributed by atoms with E-state index >= 15 is 0 Å². The molecule has 0 bridgehead atoms. The zero-order valence-electron chi connectivity index (χ0n) is 8.92. The maximum absolute atomic E-state index is 9.30. The van der Waals surface area contributed by atoms with Crippen LogP contribution < -0.4 is 0 Å². The van der Waals surface area contributed by atoms with Gasteiger partial charge in [0, 0.05) is 4.47 Å². The van der Waals surface area contributed by atoms with Crippen LogP contribution in [0.3, 0.4) is 0 Å². The number of hydrogen-bond donors (Lipinski definition) is 0. The fourth-order valence-electron chi connectivity index (χ4n) is 2.44. The molecule has 1 aromatic rings. The van der Waals surface area contributed by atoms with Crippen LogP contribution >= 0.6 is 15.9 Å². The van der Waals surface area contributed by atoms with Crippen molar-refractivity contribution in [1.29, 1.82) is 5.26 Å². The third-order valence-electron chi connectivity index (χ3n) is 3.55. The smallest absolute Gasteiger partial charge is 0.0827 e. The van der Waals surface area contributed by atoms with Crippen LogP contribution in [0.5, 0.6) is 0 Å². The second-order valence-electron chi connectivity index (χ2n) is 4.59. The fraction of sp³-hybridized carbons (Fsp3) is 0.462. The van der Waals surface area contributed by atoms with Crippen LogP contribution in [-0.2, 0) is 23.2 Å². The van der Waals surface area contributed by atoms with Crippen LogP contribution in [0.15, 0.2) is 16.6 Å². The lowest BCUT2D eigenvalue weighted by Crippen LogP contribution is -2.16. The second kappa shape index (κ2) is 3.58. The van der Waals surface area contributed by atoms with E-state index < -0.39 is 0 Å². The lowest BCUT2D eigenvalue weighted by atomic mass is 9.88. The molecular formula is C13H12BrNO. The van der Waals surface area contributed by atoms with E-state index in [1.807, 2.05) is 0 Å². The molecule has 0 atom stereocenters. The molecule has 1 aliphatic heterocycles. The van der Waals surface area contributed by atoms with Gasteiger partial charge in [0.1, 0.15) is 0 Å². The highest BCUT2D eigenvalue weighted by molar-refractivity contribution is 9.10. The van der Waals surface area contributed by atoms with Gasteiger partial charge in [-0.15, -0.1) is 0 Å². The van der Waals surface area contributed by atoms with Gasteiger partial charge >= 0.3 is 0 Å². The predicted octanol–water partition coefficient (Wildman–Crippen LogP) is 3.08. The number of hydrogen-bond acceptors (Lipinski definition) is 2. The van der Waals surface area contributed by atoms with Gasteiger partial charge in [0.25, 0.3) is 0 Å². The Bertz CT molecular complexity index is 485. The highest BCUT2D eigenvalue weighted by Crippen LogP contribution is 2.50. The van der Waals surface area contributed by atoms with E-state index in [0.29, 0.717) is 6.61 Å². The van der Waals surface area contributed by atoms with Crippen molar-refractivity contribution in [2.24, 2.45) is 0 Å². The van der Waals surface area contributed by atoms with Crippen LogP contribution in [0, 0.1) is 11.3 Å². The summed E-state index contributed by atoms with van der Waals surface area (Å²) >= 11 is 3.54. The van der Waals surface area contributed by atoms with Crippen LogP contribution in [0.2, 0.25) is 0 Å². The number of nitrogens with zero attached hydrogens (tertiary/aromatic N) is 1. The Hall–Kier alpha value is -0.850. The first-order chi connectivity index (χ1) is 7.75. The van der Waals surface area contributed by atoms with Crippen molar-refractivity contribution in [2.45, 2.75) is 31.3 Å². The van der Waals surface area contributed by atoms with E-state index in [-0.39, 0.29) is 5.41 Å². The normalized spacial score (nSPS) is 21.0. The first-order valence-electron chi connectivity index (χ1n) is 5.56. The Morgan fingerprint density at radius 1 is 1.38 bits per heavy atom. The Kier molecular flexibility index (Phi) is 2.31. The van der Waals surface area contributed by atoms with Crippen molar-refractivity contribution >= 4 is 15.9 Å². The molecular weight excluding hydrogens is 266 g/mol. The van der Waals surface area contributed by atoms with E-state index in [4.69, 9.17) is 4.74 Å². The largest absolute Gasteiger partial charge is 0.376 e. The second-order valence-corrected chi connectivity index (χ2v) is 5.50. The number of fused-ring (bicyclic) bond motifs is 1. The number of rotatable bonds is 1. The standard InChI is InChI=1S/C13H12BrNO/c14-10-5-9-1-4-16-7-11(9)12(6-10)13(8-15)2-3-13/h5-6H,1-4,7H2. The van der Waals surface area contributed by atoms with E-state index in [1.165, 1.54) is 16.7 Å². The van der Waals surface area contributed by atoms with Gasteiger partial charge in [0.05, 0.1) is 24.7 Å². The molecule has 3 heteroatoms. The average molecular weight is 278 g/mol. The Balaban J connectivity index is 2.17. The monoisotopic (exact) mass is 277 g/mol. The molecule has 1 aliphatic carbocycles. The first-order valence-corrected chi connectivity index (χ1v) is 6.35. The zero-order valence-corrected chi connectivity index (χ0v) is 10.5. The molecule has 0 aromatic heterocycles. The molecule has 1 fully saturated rings. The lowest BCUT2D eigenvalue weighted by molar-refractivity contribution is 0.110. The molecule has 1 aromatic carbocycles. The summed E-state index contributed by atoms with van der Waals surface area (Å²) < 4.78 is 6.61. The molecule has 0 N–H and O–H groups in total. The Morgan fingerprint density at radius 3 is 2.88 bits per heavy atom. The van der Waals surface area contributed by atoms with Crippen molar-refractivity contribution in [3.8, 4) is 6.07 Å². The number of nitriles is 1. The quantitative estimate of drug-likeness (QED) is 0.791. The van der Waals surface area contributed by atoms with E-state index in [9.17, 15) is 5.26 Å². The summed E-state index contributed by atoms with van der Waals surface area (Å²) in [5.74, 6) is 0. The van der Waals surface area contributed by atoms with Gasteiger partial charge in [-0.2, -0.15) is 5.26 Å². The summed E-state index contributed by atoms with van der Waals surface area (Å²) in [5.41, 5.74) is 3.58. The summed E-state index contributed by atoms with van der Waals surface area (Å²) in [6, 6.07) is 6.73. The van der Waals surface area contributed by atoms with Crippen LogP contribution in [-0.4, -0.2) is 6.61 Å². The van der Waals surface area contributed by atoms with Gasteiger partial charge in [-0.25, -0.2) is 0 Å². The van der Waals surface area contributed by atoms with Crippen LogP contribution in [0.4, 0.5) is 0 Å². The molecule has 1 heterocycles. The molecule has 0 saturated heterocycles. The summed E-state index contributed by atoms with van der Waals surface area (Å²) in [5, 5.41) is 9.30. The minimum Gasteiger partial charge on any atom is -0.376 e. The van der Waals surface area contributed by atoms with Crippen molar-refractivity contribution in [3.05, 3.63) is 33.3 Å². The topological polar surface area (TPSA) is 33.0 Å². The van der Waals surface area contributed by atoms with Crippen molar-refractivity contribution in [1.82, 2.24) is 0 Å². The maximum atomic E-state index is 9.30. The van der Waals surface area contributed by atoms with Crippen LogP contribution in [0.25, 0.3) is 0 Å². The molecule has 0 amide bonds. The zero-order chi connectivity index (χ0) is 11.2. The highest BCUT2D eigenvalue weighted by atomic mass is 79.9. The number of halogens is 1. The van der Waals surface area contributed by atoms with E-state index in [2.05, 4.69) is 34.1 Å². The molecule has 2 nitrogen and oxygen atoms in total. The van der Waals surface area contributed by atoms with Gasteiger partial charge < -0.3 is 4.74 Å². The van der Waals surface area contributed by atoms with Gasteiger partial charge in [0.2, 0.25) is 0 Å². The van der Waals surface area contributed by atoms with Crippen LogP contribution in [0.1, 0.15) is 29.5 Å². The number of benzene rings is 1. The third-order valence-corrected chi connectivity index (χ3v) is 4.01. The van der Waals surface area contributed by atoms with Gasteiger partial charge in [0.15, 0.2) is 0 Å². The maximum Gasteiger partial charge on any atom is 0.0827 e. The molecule has 0 unspecified atom stereocenters. The molecule has 1 saturated carbocycles. The van der Waals surface area contributed by atoms with Crippen molar-refractivity contribution < 1.29 is 4.74 Å². The summed E-state index contributed by atoms with van der Waals surface area (Å²) in [6.07, 6.45) is 2.95. The molecule has 16 heavy (non-hydrogen) atoms. The van der Waals surface area contributed by atoms with Gasteiger partial charge in [-0.05, 0) is 48.1 Å². The third kappa shape index (κ3) is 1.49. The minimum atomic E-state index is -0.214. The molecule has 0 spiro atoms. The van der Waals surface area contributed by atoms with E-state index in [0.717, 1.165) is 30.3 Å². The van der Waals surface area contributed by atoms with E-state index in [1.54, 1.807) is 0 Å². The molecule has 3 rings (SSSR count). The van der Waals surface area contributed by atoms with Crippen molar-refractivity contribution in [3.63, 3.8) is 0 Å². The van der Waals surface area contributed by atoms with Gasteiger partial charge in [-0.1, -0.05) is 15.9 Å². The van der Waals surface area contributed by atoms with Gasteiger partial charge in [-0.3, -0.25) is 0 Å². The SMILES string of the molecule is N#CC1(c2cc(Br)cc3c2COCC3)CC1.